The van der Waals surface area contributed by atoms with Crippen molar-refractivity contribution in [2.45, 2.75) is 118 Å². The van der Waals surface area contributed by atoms with Crippen LogP contribution in [0.25, 0.3) is 0 Å². The third-order valence-electron chi connectivity index (χ3n) is 5.88. The highest BCUT2D eigenvalue weighted by Crippen LogP contribution is 2.41. The molecule has 0 aromatic heterocycles. The molecule has 0 aliphatic heterocycles. The fourth-order valence-electron chi connectivity index (χ4n) is 3.92. The van der Waals surface area contributed by atoms with Crippen LogP contribution in [-0.4, -0.2) is 23.6 Å². The van der Waals surface area contributed by atoms with Crippen LogP contribution in [0.15, 0.2) is 12.1 Å². The molecule has 0 saturated carbocycles. The lowest BCUT2D eigenvalue weighted by Crippen LogP contribution is -2.18. The molecule has 0 fully saturated rings. The van der Waals surface area contributed by atoms with Gasteiger partial charge in [-0.25, -0.2) is 0 Å². The molecule has 1 rings (SSSR count). The summed E-state index contributed by atoms with van der Waals surface area (Å²) in [6.07, 6.45) is 15.1. The van der Waals surface area contributed by atoms with E-state index >= 15 is 0 Å². The molecule has 0 radical (unpaired) electrons. The average Bonchev–Trinajstić information content (AvgIpc) is 2.62. The molecular weight excluding hydrogens is 371 g/mol. The average molecular weight is 421 g/mol. The van der Waals surface area contributed by atoms with E-state index in [-0.39, 0.29) is 18.8 Å². The monoisotopic (exact) mass is 420 g/mol. The van der Waals surface area contributed by atoms with Gasteiger partial charge in [-0.15, -0.1) is 7.92 Å². The molecule has 1 N–H and O–H groups in total. The summed E-state index contributed by atoms with van der Waals surface area (Å²) in [7, 11) is 0.278. The van der Waals surface area contributed by atoms with Gasteiger partial charge >= 0.3 is 0 Å². The Morgan fingerprint density at radius 1 is 0.690 bits per heavy atom. The lowest BCUT2D eigenvalue weighted by atomic mass is 9.78. The van der Waals surface area contributed by atoms with Crippen LogP contribution >= 0.6 is 7.92 Å². The number of benzene rings is 1. The fraction of sp³-hybridized carbons (Fsp3) is 0.778. The van der Waals surface area contributed by atoms with Gasteiger partial charge in [0.25, 0.3) is 0 Å². The normalized spacial score (nSPS) is 12.7. The highest BCUT2D eigenvalue weighted by Gasteiger charge is 2.26. The van der Waals surface area contributed by atoms with Crippen molar-refractivity contribution in [3.05, 3.63) is 28.8 Å². The molecule has 1 aromatic rings. The van der Waals surface area contributed by atoms with E-state index in [1.807, 2.05) is 0 Å². The van der Waals surface area contributed by atoms with E-state index in [9.17, 15) is 5.11 Å². The lowest BCUT2D eigenvalue weighted by Gasteiger charge is -2.28. The topological polar surface area (TPSA) is 20.2 Å². The minimum absolute atomic E-state index is 0.0333. The van der Waals surface area contributed by atoms with Gasteiger partial charge in [0.15, 0.2) is 0 Å². The Labute approximate surface area is 183 Å². The minimum atomic E-state index is -0.0333. The summed E-state index contributed by atoms with van der Waals surface area (Å²) >= 11 is 0. The molecule has 0 unspecified atom stereocenters. The predicted molar refractivity (Wildman–Crippen MR) is 134 cm³/mol. The van der Waals surface area contributed by atoms with Crippen molar-refractivity contribution in [1.82, 2.24) is 0 Å². The highest BCUT2D eigenvalue weighted by molar-refractivity contribution is 7.57. The number of rotatable bonds is 12. The molecule has 0 bridgehead atoms. The first-order chi connectivity index (χ1) is 13.5. The first-order valence-corrected chi connectivity index (χ1v) is 14.0. The van der Waals surface area contributed by atoms with Crippen molar-refractivity contribution in [1.29, 1.82) is 0 Å². The van der Waals surface area contributed by atoms with Gasteiger partial charge < -0.3 is 5.11 Å². The number of hydrogen-bond acceptors (Lipinski definition) is 1. The quantitative estimate of drug-likeness (QED) is 0.264. The number of phenolic OH excluding ortho intramolecular Hbond substituents is 1. The summed E-state index contributed by atoms with van der Waals surface area (Å²) in [6.45, 7) is 17.9. The van der Waals surface area contributed by atoms with Gasteiger partial charge in [-0.2, -0.15) is 0 Å². The van der Waals surface area contributed by atoms with Crippen LogP contribution in [0.4, 0.5) is 0 Å². The molecule has 0 spiro atoms. The number of unbranched alkanes of at least 4 members (excludes halogenated alkanes) is 4. The van der Waals surface area contributed by atoms with E-state index in [1.165, 1.54) is 69.0 Å². The van der Waals surface area contributed by atoms with Crippen molar-refractivity contribution in [3.63, 3.8) is 0 Å². The molecule has 0 heterocycles. The lowest BCUT2D eigenvalue weighted by molar-refractivity contribution is 0.422. The Hall–Kier alpha value is -0.550. The van der Waals surface area contributed by atoms with Crippen LogP contribution in [0, 0.1) is 0 Å². The van der Waals surface area contributed by atoms with Crippen LogP contribution in [-0.2, 0) is 17.3 Å². The fourth-order valence-corrected chi connectivity index (χ4v) is 6.79. The molecule has 29 heavy (non-hydrogen) atoms. The van der Waals surface area contributed by atoms with Crippen LogP contribution < -0.4 is 0 Å². The van der Waals surface area contributed by atoms with Gasteiger partial charge in [0.1, 0.15) is 5.75 Å². The summed E-state index contributed by atoms with van der Waals surface area (Å²) in [5.41, 5.74) is 3.53. The third-order valence-corrected chi connectivity index (χ3v) is 8.73. The van der Waals surface area contributed by atoms with Gasteiger partial charge in [-0.3, -0.25) is 0 Å². The molecule has 1 aromatic carbocycles. The van der Waals surface area contributed by atoms with Crippen molar-refractivity contribution >= 4 is 7.92 Å². The second kappa shape index (κ2) is 12.3. The summed E-state index contributed by atoms with van der Waals surface area (Å²) in [5, 5.41) is 10.9. The van der Waals surface area contributed by atoms with Crippen LogP contribution in [0.3, 0.4) is 0 Å². The van der Waals surface area contributed by atoms with Gasteiger partial charge in [0.05, 0.1) is 0 Å². The van der Waals surface area contributed by atoms with Gasteiger partial charge in [-0.1, -0.05) is 86.8 Å². The summed E-state index contributed by atoms with van der Waals surface area (Å²) in [4.78, 5) is 0. The van der Waals surface area contributed by atoms with Gasteiger partial charge in [0.2, 0.25) is 0 Å². The Morgan fingerprint density at radius 2 is 1.14 bits per heavy atom. The molecule has 168 valence electrons. The number of phenols is 1. The van der Waals surface area contributed by atoms with Crippen LogP contribution in [0.1, 0.15) is 117 Å². The van der Waals surface area contributed by atoms with Gasteiger partial charge in [-0.05, 0) is 78.1 Å². The highest BCUT2D eigenvalue weighted by atomic mass is 31.1. The molecule has 1 nitrogen and oxygen atoms in total. The van der Waals surface area contributed by atoms with E-state index in [1.54, 1.807) is 0 Å². The Morgan fingerprint density at radius 3 is 1.55 bits per heavy atom. The zero-order valence-electron chi connectivity index (χ0n) is 20.8. The van der Waals surface area contributed by atoms with E-state index in [2.05, 4.69) is 67.5 Å². The molecule has 0 saturated heterocycles. The maximum atomic E-state index is 10.9. The van der Waals surface area contributed by atoms with Crippen molar-refractivity contribution in [3.8, 4) is 5.75 Å². The Bertz CT molecular complexity index is 549. The van der Waals surface area contributed by atoms with E-state index < -0.39 is 0 Å². The van der Waals surface area contributed by atoms with E-state index in [4.69, 9.17) is 0 Å². The maximum absolute atomic E-state index is 10.9. The van der Waals surface area contributed by atoms with Crippen molar-refractivity contribution < 1.29 is 5.11 Å². The Balaban J connectivity index is 2.69. The zero-order chi connectivity index (χ0) is 22.1. The SMILES string of the molecule is CCCCP(CCCC)CCCCCc1cc(C(C)(C)C)c(O)c(C(C)(C)C)c1. The number of aromatic hydroxyl groups is 1. The third kappa shape index (κ3) is 9.42. The molecule has 0 aliphatic rings. The molecular formula is C27H49OP. The second-order valence-corrected chi connectivity index (χ2v) is 13.6. The molecule has 0 atom stereocenters. The van der Waals surface area contributed by atoms with Gasteiger partial charge in [0, 0.05) is 0 Å². The number of hydrogen-bond donors (Lipinski definition) is 1. The standard InChI is InChI=1S/C27H49OP/c1-9-11-17-29(18-12-10-2)19-15-13-14-16-22-20-23(26(3,4)5)25(28)24(21-22)27(6,7)8/h20-21,28H,9-19H2,1-8H3. The summed E-state index contributed by atoms with van der Waals surface area (Å²) in [5.74, 6) is 0.506. The first kappa shape index (κ1) is 26.5. The number of aryl methyl sites for hydroxylation is 1. The summed E-state index contributed by atoms with van der Waals surface area (Å²) < 4.78 is 0. The molecule has 0 aliphatic carbocycles. The predicted octanol–water partition coefficient (Wildman–Crippen LogP) is 8.78. The molecule has 2 heteroatoms. The van der Waals surface area contributed by atoms with Crippen LogP contribution in [0.5, 0.6) is 5.75 Å². The molecule has 0 amide bonds. The maximum Gasteiger partial charge on any atom is 0.123 e. The van der Waals surface area contributed by atoms with Crippen LogP contribution in [0.2, 0.25) is 0 Å². The largest absolute Gasteiger partial charge is 0.507 e. The van der Waals surface area contributed by atoms with E-state index in [0.717, 1.165) is 17.5 Å². The second-order valence-electron chi connectivity index (χ2n) is 10.9. The van der Waals surface area contributed by atoms with Crippen molar-refractivity contribution in [2.75, 3.05) is 18.5 Å². The Kier molecular flexibility index (Phi) is 11.3. The van der Waals surface area contributed by atoms with Crippen molar-refractivity contribution in [2.24, 2.45) is 0 Å². The van der Waals surface area contributed by atoms with E-state index in [0.29, 0.717) is 5.75 Å². The first-order valence-electron chi connectivity index (χ1n) is 12.1. The smallest absolute Gasteiger partial charge is 0.123 e. The minimum Gasteiger partial charge on any atom is -0.507 e. The summed E-state index contributed by atoms with van der Waals surface area (Å²) in [6, 6.07) is 4.53. The zero-order valence-corrected chi connectivity index (χ0v) is 21.7.